The van der Waals surface area contributed by atoms with Gasteiger partial charge in [0.25, 0.3) is 0 Å². The Labute approximate surface area is 273 Å². The average Bonchev–Trinajstić information content (AvgIpc) is 3.53. The van der Waals surface area contributed by atoms with Gasteiger partial charge in [0.2, 0.25) is 0 Å². The zero-order valence-corrected chi connectivity index (χ0v) is 28.0. The molecular formula is C43H44ClN. The summed E-state index contributed by atoms with van der Waals surface area (Å²) in [5, 5.41) is 9.12. The first kappa shape index (κ1) is 29.9. The molecule has 0 amide bonds. The van der Waals surface area contributed by atoms with Gasteiger partial charge in [-0.15, -0.1) is 0 Å². The van der Waals surface area contributed by atoms with E-state index in [0.29, 0.717) is 0 Å². The molecule has 4 aromatic carbocycles. The van der Waals surface area contributed by atoms with E-state index >= 15 is 0 Å². The zero-order chi connectivity index (χ0) is 31.1. The van der Waals surface area contributed by atoms with Crippen LogP contribution in [0.5, 0.6) is 0 Å². The number of halogens is 1. The summed E-state index contributed by atoms with van der Waals surface area (Å²) >= 11 is 7.24. The quantitative estimate of drug-likeness (QED) is 0.157. The van der Waals surface area contributed by atoms with E-state index in [-0.39, 0.29) is 0 Å². The second-order valence-corrected chi connectivity index (χ2v) is 13.4. The van der Waals surface area contributed by atoms with Crippen LogP contribution in [-0.4, -0.2) is 4.57 Å². The molecule has 0 bridgehead atoms. The molecule has 0 radical (unpaired) electrons. The van der Waals surface area contributed by atoms with E-state index in [1.165, 1.54) is 108 Å². The van der Waals surface area contributed by atoms with Crippen LogP contribution >= 0.6 is 11.6 Å². The number of hydrogen-bond acceptors (Lipinski definition) is 0. The van der Waals surface area contributed by atoms with Gasteiger partial charge in [-0.2, -0.15) is 0 Å². The van der Waals surface area contributed by atoms with E-state index in [9.17, 15) is 0 Å². The van der Waals surface area contributed by atoms with Crippen molar-refractivity contribution < 1.29 is 0 Å². The third-order valence-electron chi connectivity index (χ3n) is 10.2. The summed E-state index contributed by atoms with van der Waals surface area (Å²) < 4.78 is 2.53. The highest BCUT2D eigenvalue weighted by Crippen LogP contribution is 2.46. The van der Waals surface area contributed by atoms with Crippen molar-refractivity contribution in [2.24, 2.45) is 0 Å². The molecule has 0 N–H and O–H groups in total. The van der Waals surface area contributed by atoms with Crippen molar-refractivity contribution >= 4 is 61.3 Å². The number of nitrogens with zero attached hydrogens (tertiary/aromatic N) is 1. The van der Waals surface area contributed by atoms with E-state index in [1.54, 1.807) is 0 Å². The van der Waals surface area contributed by atoms with Crippen molar-refractivity contribution in [1.29, 1.82) is 0 Å². The van der Waals surface area contributed by atoms with Crippen molar-refractivity contribution in [2.75, 3.05) is 0 Å². The van der Waals surface area contributed by atoms with E-state index < -0.39 is 0 Å². The number of allylic oxidation sites excluding steroid dienone is 8. The summed E-state index contributed by atoms with van der Waals surface area (Å²) in [5.41, 5.74) is 12.2. The summed E-state index contributed by atoms with van der Waals surface area (Å²) in [6.07, 6.45) is 18.3. The van der Waals surface area contributed by atoms with Crippen LogP contribution in [0.15, 0.2) is 95.1 Å². The highest BCUT2D eigenvalue weighted by atomic mass is 35.5. The van der Waals surface area contributed by atoms with Gasteiger partial charge in [-0.05, 0) is 125 Å². The van der Waals surface area contributed by atoms with Crippen LogP contribution in [0.25, 0.3) is 49.7 Å². The first-order chi connectivity index (χ1) is 22.0. The van der Waals surface area contributed by atoms with Gasteiger partial charge in [0.05, 0.1) is 0 Å². The van der Waals surface area contributed by atoms with E-state index in [1.807, 2.05) is 0 Å². The lowest BCUT2D eigenvalue weighted by Crippen LogP contribution is -2.16. The van der Waals surface area contributed by atoms with Gasteiger partial charge in [-0.3, -0.25) is 0 Å². The molecular weight excluding hydrogens is 566 g/mol. The van der Waals surface area contributed by atoms with Crippen LogP contribution in [-0.2, 0) is 6.54 Å². The smallest absolute Gasteiger partial charge is 0.0497 e. The standard InChI is InChI=1S/C43H44ClN/c1-5-7-14-34-35(36-17-10-15-32-28(3)19-23-37(34)41(32)36)24-21-30-12-9-13-31(43(30)44)22-26-39-38-18-11-16-33-29(4)20-25-40(42(33)38)45(39)27-8-6-2/h10-11,15-26H,5-9,12-14,27H2,1-4H3/b24-21+,31-22+,39-26+. The predicted octanol–water partition coefficient (Wildman–Crippen LogP) is 12.1. The largest absolute Gasteiger partial charge is 0.340 e. The Hall–Kier alpha value is -3.81. The number of hydrogen-bond donors (Lipinski definition) is 0. The Morgan fingerprint density at radius 3 is 2.27 bits per heavy atom. The molecule has 0 fully saturated rings. The lowest BCUT2D eigenvalue weighted by molar-refractivity contribution is 0.640. The van der Waals surface area contributed by atoms with Gasteiger partial charge < -0.3 is 4.57 Å². The summed E-state index contributed by atoms with van der Waals surface area (Å²) in [6.45, 7) is 10.0. The molecule has 45 heavy (non-hydrogen) atoms. The Bertz CT molecular complexity index is 2130. The molecule has 0 spiro atoms. The summed E-state index contributed by atoms with van der Waals surface area (Å²) in [6, 6.07) is 22.8. The maximum Gasteiger partial charge on any atom is 0.0497 e. The van der Waals surface area contributed by atoms with Gasteiger partial charge in [0.1, 0.15) is 0 Å². The molecule has 1 heterocycles. The maximum absolute atomic E-state index is 7.24. The van der Waals surface area contributed by atoms with E-state index in [0.717, 1.165) is 37.3 Å². The number of aromatic nitrogens is 1. The fourth-order valence-electron chi connectivity index (χ4n) is 7.71. The SMILES string of the molecule is CCCCC1=C(/C=C/C2=C(Cl)C(=C/C=c3\c4cccc5c(C)ccc(c54)n3CCCC)/CCC2)c2cccc3c(C)ccc1c23. The molecule has 0 unspecified atom stereocenters. The van der Waals surface area contributed by atoms with Crippen LogP contribution < -0.4 is 5.35 Å². The van der Waals surface area contributed by atoms with Crippen LogP contribution in [0, 0.1) is 13.8 Å². The molecule has 2 aliphatic rings. The summed E-state index contributed by atoms with van der Waals surface area (Å²) in [4.78, 5) is 0. The molecule has 1 nitrogen and oxygen atoms in total. The fourth-order valence-corrected chi connectivity index (χ4v) is 8.02. The van der Waals surface area contributed by atoms with Gasteiger partial charge in [0.15, 0.2) is 0 Å². The Morgan fingerprint density at radius 2 is 1.47 bits per heavy atom. The molecule has 0 aliphatic heterocycles. The first-order valence-corrected chi connectivity index (χ1v) is 17.4. The Balaban J connectivity index is 1.30. The molecule has 1 aromatic heterocycles. The molecule has 5 aromatic rings. The number of unbranched alkanes of at least 4 members (excludes halogenated alkanes) is 2. The van der Waals surface area contributed by atoms with Crippen molar-refractivity contribution in [3.8, 4) is 0 Å². The minimum atomic E-state index is 0.930. The molecule has 228 valence electrons. The van der Waals surface area contributed by atoms with Crippen LogP contribution in [0.1, 0.15) is 87.5 Å². The normalized spacial score (nSPS) is 16.7. The molecule has 7 rings (SSSR count). The van der Waals surface area contributed by atoms with Crippen molar-refractivity contribution in [3.63, 3.8) is 0 Å². The molecule has 0 atom stereocenters. The maximum atomic E-state index is 7.24. The number of aryl methyl sites for hydroxylation is 3. The second-order valence-electron chi connectivity index (χ2n) is 13.1. The molecule has 2 aliphatic carbocycles. The van der Waals surface area contributed by atoms with Crippen molar-refractivity contribution in [3.05, 3.63) is 123 Å². The fraction of sp³-hybridized carbons (Fsp3) is 0.302. The average molecular weight is 610 g/mol. The number of rotatable bonds is 9. The summed E-state index contributed by atoms with van der Waals surface area (Å²) in [5.74, 6) is 0. The second kappa shape index (κ2) is 12.5. The number of benzene rings is 4. The molecule has 0 saturated carbocycles. The summed E-state index contributed by atoms with van der Waals surface area (Å²) in [7, 11) is 0. The van der Waals surface area contributed by atoms with Gasteiger partial charge in [0, 0.05) is 33.2 Å². The lowest BCUT2D eigenvalue weighted by atomic mass is 9.92. The van der Waals surface area contributed by atoms with Gasteiger partial charge in [-0.1, -0.05) is 111 Å². The highest BCUT2D eigenvalue weighted by molar-refractivity contribution is 6.32. The van der Waals surface area contributed by atoms with Crippen LogP contribution in [0.2, 0.25) is 0 Å². The topological polar surface area (TPSA) is 4.93 Å². The Morgan fingerprint density at radius 1 is 0.733 bits per heavy atom. The van der Waals surface area contributed by atoms with Crippen molar-refractivity contribution in [1.82, 2.24) is 4.57 Å². The van der Waals surface area contributed by atoms with E-state index in [4.69, 9.17) is 11.6 Å². The first-order valence-electron chi connectivity index (χ1n) is 17.1. The van der Waals surface area contributed by atoms with Crippen molar-refractivity contribution in [2.45, 2.75) is 85.6 Å². The Kier molecular flexibility index (Phi) is 8.32. The van der Waals surface area contributed by atoms with E-state index in [2.05, 4.69) is 117 Å². The zero-order valence-electron chi connectivity index (χ0n) is 27.3. The molecule has 2 heteroatoms. The van der Waals surface area contributed by atoms with Gasteiger partial charge >= 0.3 is 0 Å². The molecule has 0 saturated heterocycles. The minimum absolute atomic E-state index is 0.930. The predicted molar refractivity (Wildman–Crippen MR) is 198 cm³/mol. The third kappa shape index (κ3) is 5.20. The minimum Gasteiger partial charge on any atom is -0.340 e. The lowest BCUT2D eigenvalue weighted by Gasteiger charge is -2.17. The third-order valence-corrected chi connectivity index (χ3v) is 10.6. The van der Waals surface area contributed by atoms with Crippen LogP contribution in [0.4, 0.5) is 0 Å². The van der Waals surface area contributed by atoms with Crippen LogP contribution in [0.3, 0.4) is 0 Å². The highest BCUT2D eigenvalue weighted by Gasteiger charge is 2.23. The monoisotopic (exact) mass is 609 g/mol. The van der Waals surface area contributed by atoms with Gasteiger partial charge in [-0.25, -0.2) is 0 Å².